The van der Waals surface area contributed by atoms with Crippen molar-refractivity contribution in [3.63, 3.8) is 0 Å². The fraction of sp³-hybridized carbons (Fsp3) is 0.500. The smallest absolute Gasteiger partial charge is 0.231 e. The van der Waals surface area contributed by atoms with Crippen LogP contribution in [0.4, 0.5) is 0 Å². The van der Waals surface area contributed by atoms with Gasteiger partial charge in [0.2, 0.25) is 12.7 Å². The maximum absolute atomic E-state index is 13.7. The van der Waals surface area contributed by atoms with Crippen molar-refractivity contribution in [1.29, 1.82) is 0 Å². The molecule has 1 saturated heterocycles. The number of hydrogen-bond acceptors (Lipinski definition) is 4. The first kappa shape index (κ1) is 20.4. The topological polar surface area (TPSA) is 56.8 Å². The molecule has 0 unspecified atom stereocenters. The molecule has 0 atom stereocenters. The number of ether oxygens (including phenoxy) is 3. The number of hydrogen-bond donors (Lipinski definition) is 1. The van der Waals surface area contributed by atoms with Gasteiger partial charge in [0.1, 0.15) is 0 Å². The van der Waals surface area contributed by atoms with E-state index in [1.807, 2.05) is 6.07 Å². The summed E-state index contributed by atoms with van der Waals surface area (Å²) in [5.41, 5.74) is 3.00. The third-order valence-corrected chi connectivity index (χ3v) is 7.48. The van der Waals surface area contributed by atoms with Gasteiger partial charge in [0.15, 0.2) is 11.5 Å². The van der Waals surface area contributed by atoms with Crippen molar-refractivity contribution in [1.82, 2.24) is 5.32 Å². The van der Waals surface area contributed by atoms with E-state index in [4.69, 9.17) is 14.2 Å². The van der Waals surface area contributed by atoms with Gasteiger partial charge in [0, 0.05) is 25.2 Å². The van der Waals surface area contributed by atoms with Gasteiger partial charge in [0.05, 0.1) is 5.41 Å². The standard InChI is InChI=1S/C26H31NO4/c1-19-5-4-6-21(15-19)26(9-2-3-10-26)24(28)27-17-25(11-13-29-14-12-25)20-7-8-22-23(16-20)31-18-30-22/h4-8,15-16H,2-3,9-14,17-18H2,1H3,(H,27,28). The van der Waals surface area contributed by atoms with Crippen LogP contribution in [0.2, 0.25) is 0 Å². The summed E-state index contributed by atoms with van der Waals surface area (Å²) in [6.45, 7) is 4.38. The lowest BCUT2D eigenvalue weighted by Gasteiger charge is -2.39. The largest absolute Gasteiger partial charge is 0.454 e. The quantitative estimate of drug-likeness (QED) is 0.778. The molecule has 1 amide bonds. The summed E-state index contributed by atoms with van der Waals surface area (Å²) in [4.78, 5) is 13.7. The normalized spacial score (nSPS) is 21.1. The third-order valence-electron chi connectivity index (χ3n) is 7.48. The molecule has 31 heavy (non-hydrogen) atoms. The van der Waals surface area contributed by atoms with Crippen LogP contribution in [-0.4, -0.2) is 32.5 Å². The van der Waals surface area contributed by atoms with Crippen LogP contribution in [-0.2, 0) is 20.4 Å². The molecule has 5 heteroatoms. The minimum absolute atomic E-state index is 0.151. The lowest BCUT2D eigenvalue weighted by Crippen LogP contribution is -2.50. The van der Waals surface area contributed by atoms with Gasteiger partial charge in [-0.05, 0) is 55.9 Å². The zero-order valence-electron chi connectivity index (χ0n) is 18.2. The van der Waals surface area contributed by atoms with Crippen molar-refractivity contribution < 1.29 is 19.0 Å². The maximum Gasteiger partial charge on any atom is 0.231 e. The summed E-state index contributed by atoms with van der Waals surface area (Å²) in [5.74, 6) is 1.75. The van der Waals surface area contributed by atoms with Crippen LogP contribution < -0.4 is 14.8 Å². The van der Waals surface area contributed by atoms with Gasteiger partial charge >= 0.3 is 0 Å². The Morgan fingerprint density at radius 3 is 2.48 bits per heavy atom. The predicted octanol–water partition coefficient (Wildman–Crippen LogP) is 4.40. The molecule has 2 aliphatic heterocycles. The van der Waals surface area contributed by atoms with Crippen LogP contribution in [0.5, 0.6) is 11.5 Å². The highest BCUT2D eigenvalue weighted by atomic mass is 16.7. The van der Waals surface area contributed by atoms with Gasteiger partial charge in [-0.25, -0.2) is 0 Å². The van der Waals surface area contributed by atoms with Gasteiger partial charge in [-0.1, -0.05) is 48.7 Å². The van der Waals surface area contributed by atoms with Crippen LogP contribution in [0.25, 0.3) is 0 Å². The summed E-state index contributed by atoms with van der Waals surface area (Å²) >= 11 is 0. The molecule has 2 aromatic rings. The molecule has 3 aliphatic rings. The minimum Gasteiger partial charge on any atom is -0.454 e. The van der Waals surface area contributed by atoms with E-state index in [2.05, 4.69) is 48.6 Å². The molecular formula is C26H31NO4. The summed E-state index contributed by atoms with van der Waals surface area (Å²) in [7, 11) is 0. The van der Waals surface area contributed by atoms with E-state index in [0.717, 1.165) is 55.6 Å². The number of aryl methyl sites for hydroxylation is 1. The van der Waals surface area contributed by atoms with Crippen LogP contribution in [0.3, 0.4) is 0 Å². The van der Waals surface area contributed by atoms with Crippen molar-refractivity contribution in [3.05, 3.63) is 59.2 Å². The summed E-state index contributed by atoms with van der Waals surface area (Å²) in [6, 6.07) is 14.7. The van der Waals surface area contributed by atoms with Gasteiger partial charge in [-0.15, -0.1) is 0 Å². The lowest BCUT2D eigenvalue weighted by molar-refractivity contribution is -0.127. The van der Waals surface area contributed by atoms with Crippen LogP contribution >= 0.6 is 0 Å². The molecule has 2 fully saturated rings. The molecule has 0 bridgehead atoms. The molecule has 2 aromatic carbocycles. The van der Waals surface area contributed by atoms with E-state index in [-0.39, 0.29) is 18.1 Å². The first-order chi connectivity index (χ1) is 15.1. The Morgan fingerprint density at radius 2 is 1.71 bits per heavy atom. The van der Waals surface area contributed by atoms with E-state index in [9.17, 15) is 4.79 Å². The summed E-state index contributed by atoms with van der Waals surface area (Å²) in [6.07, 6.45) is 5.80. The van der Waals surface area contributed by atoms with Crippen molar-refractivity contribution in [2.24, 2.45) is 0 Å². The Kier molecular flexibility index (Phi) is 5.39. The Hall–Kier alpha value is -2.53. The molecule has 0 spiro atoms. The zero-order chi connectivity index (χ0) is 21.3. The molecule has 1 N–H and O–H groups in total. The van der Waals surface area contributed by atoms with E-state index in [1.165, 1.54) is 11.1 Å². The SMILES string of the molecule is Cc1cccc(C2(C(=O)NCC3(c4ccc5c(c4)OCO5)CCOCC3)CCCC2)c1. The fourth-order valence-electron chi connectivity index (χ4n) is 5.54. The molecule has 5 nitrogen and oxygen atoms in total. The number of benzene rings is 2. The summed E-state index contributed by atoms with van der Waals surface area (Å²) < 4.78 is 16.8. The third kappa shape index (κ3) is 3.69. The van der Waals surface area contributed by atoms with Crippen molar-refractivity contribution in [2.75, 3.05) is 26.6 Å². The lowest BCUT2D eigenvalue weighted by atomic mass is 9.73. The number of rotatable bonds is 5. The van der Waals surface area contributed by atoms with Crippen molar-refractivity contribution >= 4 is 5.91 Å². The van der Waals surface area contributed by atoms with Crippen molar-refractivity contribution in [3.8, 4) is 11.5 Å². The highest BCUT2D eigenvalue weighted by Crippen LogP contribution is 2.43. The predicted molar refractivity (Wildman–Crippen MR) is 119 cm³/mol. The zero-order valence-corrected chi connectivity index (χ0v) is 18.2. The molecule has 0 aromatic heterocycles. The van der Waals surface area contributed by atoms with E-state index in [0.29, 0.717) is 19.8 Å². The Bertz CT molecular complexity index is 958. The van der Waals surface area contributed by atoms with Crippen LogP contribution in [0.15, 0.2) is 42.5 Å². The maximum atomic E-state index is 13.7. The second-order valence-corrected chi connectivity index (χ2v) is 9.30. The number of carbonyl (C=O) groups excluding carboxylic acids is 1. The molecular weight excluding hydrogens is 390 g/mol. The molecule has 1 aliphatic carbocycles. The molecule has 1 saturated carbocycles. The Balaban J connectivity index is 1.41. The monoisotopic (exact) mass is 421 g/mol. The molecule has 5 rings (SSSR count). The number of amides is 1. The highest BCUT2D eigenvalue weighted by Gasteiger charge is 2.44. The molecule has 164 valence electrons. The van der Waals surface area contributed by atoms with Gasteiger partial charge < -0.3 is 19.5 Å². The average Bonchev–Trinajstić information content (AvgIpc) is 3.48. The highest BCUT2D eigenvalue weighted by molar-refractivity contribution is 5.88. The number of fused-ring (bicyclic) bond motifs is 1. The Labute approximate surface area is 184 Å². The number of carbonyl (C=O) groups is 1. The fourth-order valence-corrected chi connectivity index (χ4v) is 5.54. The van der Waals surface area contributed by atoms with Gasteiger partial charge in [0.25, 0.3) is 0 Å². The molecule has 2 heterocycles. The van der Waals surface area contributed by atoms with E-state index >= 15 is 0 Å². The van der Waals surface area contributed by atoms with Gasteiger partial charge in [-0.2, -0.15) is 0 Å². The van der Waals surface area contributed by atoms with Gasteiger partial charge in [-0.3, -0.25) is 4.79 Å². The van der Waals surface area contributed by atoms with E-state index in [1.54, 1.807) is 0 Å². The molecule has 0 radical (unpaired) electrons. The second kappa shape index (κ2) is 8.19. The van der Waals surface area contributed by atoms with Crippen LogP contribution in [0, 0.1) is 6.92 Å². The summed E-state index contributed by atoms with van der Waals surface area (Å²) in [5, 5.41) is 3.39. The first-order valence-electron chi connectivity index (χ1n) is 11.4. The second-order valence-electron chi connectivity index (χ2n) is 9.30. The Morgan fingerprint density at radius 1 is 0.935 bits per heavy atom. The van der Waals surface area contributed by atoms with Crippen LogP contribution in [0.1, 0.15) is 55.2 Å². The number of nitrogens with one attached hydrogen (secondary N) is 1. The van der Waals surface area contributed by atoms with E-state index < -0.39 is 5.41 Å². The minimum atomic E-state index is -0.409. The van der Waals surface area contributed by atoms with Crippen molar-refractivity contribution in [2.45, 2.75) is 56.3 Å². The average molecular weight is 422 g/mol. The first-order valence-corrected chi connectivity index (χ1v) is 11.4.